The van der Waals surface area contributed by atoms with Crippen molar-refractivity contribution in [1.82, 2.24) is 0 Å². The fourth-order valence-corrected chi connectivity index (χ4v) is 2.78. The summed E-state index contributed by atoms with van der Waals surface area (Å²) in [7, 11) is 0. The van der Waals surface area contributed by atoms with Crippen molar-refractivity contribution in [3.8, 4) is 0 Å². The first kappa shape index (κ1) is 17.2. The second kappa shape index (κ2) is 6.37. The molecule has 5 heteroatoms. The second-order valence-corrected chi connectivity index (χ2v) is 7.19. The van der Waals surface area contributed by atoms with Crippen LogP contribution in [0.1, 0.15) is 31.9 Å². The molecule has 2 amide bonds. The van der Waals surface area contributed by atoms with Crippen molar-refractivity contribution in [2.24, 2.45) is 0 Å². The maximum Gasteiger partial charge on any atom is 0.422 e. The van der Waals surface area contributed by atoms with Crippen LogP contribution in [0.3, 0.4) is 0 Å². The number of halogens is 1. The SMILES string of the molecule is CC(C)(C)OC(=O)N1C(=O)/C(=C/c2ccccc2)c2cc(Cl)ccc21. The average Bonchev–Trinajstić information content (AvgIpc) is 2.79. The molecule has 0 bridgehead atoms. The number of benzene rings is 2. The highest BCUT2D eigenvalue weighted by molar-refractivity contribution is 6.42. The van der Waals surface area contributed by atoms with E-state index in [4.69, 9.17) is 16.3 Å². The zero-order valence-corrected chi connectivity index (χ0v) is 15.0. The summed E-state index contributed by atoms with van der Waals surface area (Å²) in [4.78, 5) is 26.5. The van der Waals surface area contributed by atoms with Crippen molar-refractivity contribution in [2.75, 3.05) is 4.90 Å². The highest BCUT2D eigenvalue weighted by Crippen LogP contribution is 2.40. The molecule has 2 aromatic carbocycles. The molecular weight excluding hydrogens is 338 g/mol. The van der Waals surface area contributed by atoms with Crippen LogP contribution in [-0.4, -0.2) is 17.6 Å². The minimum atomic E-state index is -0.699. The molecule has 1 aliphatic heterocycles. The number of rotatable bonds is 1. The molecule has 0 atom stereocenters. The highest BCUT2D eigenvalue weighted by atomic mass is 35.5. The van der Waals surface area contributed by atoms with Gasteiger partial charge in [0.05, 0.1) is 11.3 Å². The predicted octanol–water partition coefficient (Wildman–Crippen LogP) is 5.16. The van der Waals surface area contributed by atoms with Crippen LogP contribution in [0.2, 0.25) is 5.02 Å². The van der Waals surface area contributed by atoms with E-state index in [2.05, 4.69) is 0 Å². The molecular formula is C20H18ClNO3. The van der Waals surface area contributed by atoms with Crippen LogP contribution in [0.25, 0.3) is 11.6 Å². The van der Waals surface area contributed by atoms with Crippen molar-refractivity contribution in [3.63, 3.8) is 0 Å². The quantitative estimate of drug-likeness (QED) is 0.663. The van der Waals surface area contributed by atoms with Gasteiger partial charge in [0, 0.05) is 10.6 Å². The molecule has 0 spiro atoms. The third-order valence-electron chi connectivity index (χ3n) is 3.61. The lowest BCUT2D eigenvalue weighted by molar-refractivity contribution is -0.112. The Bertz CT molecular complexity index is 866. The maximum atomic E-state index is 12.9. The van der Waals surface area contributed by atoms with Gasteiger partial charge < -0.3 is 4.74 Å². The van der Waals surface area contributed by atoms with E-state index >= 15 is 0 Å². The van der Waals surface area contributed by atoms with Gasteiger partial charge in [0.25, 0.3) is 5.91 Å². The van der Waals surface area contributed by atoms with E-state index in [9.17, 15) is 9.59 Å². The van der Waals surface area contributed by atoms with Crippen molar-refractivity contribution in [2.45, 2.75) is 26.4 Å². The van der Waals surface area contributed by atoms with E-state index in [1.165, 1.54) is 0 Å². The Morgan fingerprint density at radius 2 is 1.80 bits per heavy atom. The Kier molecular flexibility index (Phi) is 4.39. The van der Waals surface area contributed by atoms with E-state index in [1.807, 2.05) is 30.3 Å². The number of amides is 2. The number of carbonyl (C=O) groups is 2. The second-order valence-electron chi connectivity index (χ2n) is 6.75. The molecule has 25 heavy (non-hydrogen) atoms. The third kappa shape index (κ3) is 3.59. The Hall–Kier alpha value is -2.59. The summed E-state index contributed by atoms with van der Waals surface area (Å²) in [5.41, 5.74) is 1.67. The zero-order valence-electron chi connectivity index (χ0n) is 14.2. The third-order valence-corrected chi connectivity index (χ3v) is 3.84. The fraction of sp³-hybridized carbons (Fsp3) is 0.200. The average molecular weight is 356 g/mol. The molecule has 0 unspecified atom stereocenters. The van der Waals surface area contributed by atoms with Crippen LogP contribution in [0, 0.1) is 0 Å². The topological polar surface area (TPSA) is 46.6 Å². The lowest BCUT2D eigenvalue weighted by Gasteiger charge is -2.23. The van der Waals surface area contributed by atoms with Gasteiger partial charge >= 0.3 is 6.09 Å². The number of carbonyl (C=O) groups excluding carboxylic acids is 2. The Morgan fingerprint density at radius 3 is 2.44 bits per heavy atom. The first-order valence-electron chi connectivity index (χ1n) is 7.90. The Balaban J connectivity index is 2.08. The summed E-state index contributed by atoms with van der Waals surface area (Å²) in [5.74, 6) is -0.421. The fourth-order valence-electron chi connectivity index (χ4n) is 2.61. The lowest BCUT2D eigenvalue weighted by atomic mass is 10.0. The molecule has 128 valence electrons. The van der Waals surface area contributed by atoms with E-state index < -0.39 is 17.6 Å². The summed E-state index contributed by atoms with van der Waals surface area (Å²) >= 11 is 6.10. The number of hydrogen-bond donors (Lipinski definition) is 0. The molecule has 0 aromatic heterocycles. The summed E-state index contributed by atoms with van der Waals surface area (Å²) < 4.78 is 5.38. The first-order valence-corrected chi connectivity index (χ1v) is 8.28. The van der Waals surface area contributed by atoms with Gasteiger partial charge in [-0.2, -0.15) is 0 Å². The standard InChI is InChI=1S/C20H18ClNO3/c1-20(2,3)25-19(24)22-17-10-9-14(21)12-15(17)16(18(22)23)11-13-7-5-4-6-8-13/h4-12H,1-3H3/b16-11+. The van der Waals surface area contributed by atoms with E-state index in [0.29, 0.717) is 21.8 Å². The van der Waals surface area contributed by atoms with Crippen LogP contribution in [-0.2, 0) is 9.53 Å². The van der Waals surface area contributed by atoms with Gasteiger partial charge in [-0.05, 0) is 50.6 Å². The first-order chi connectivity index (χ1) is 11.8. The number of imide groups is 1. The highest BCUT2D eigenvalue weighted by Gasteiger charge is 2.39. The summed E-state index contributed by atoms with van der Waals surface area (Å²) in [6, 6.07) is 14.4. The zero-order chi connectivity index (χ0) is 18.2. The number of anilines is 1. The molecule has 3 rings (SSSR count). The number of nitrogens with zero attached hydrogens (tertiary/aromatic N) is 1. The Labute approximate surface area is 151 Å². The number of fused-ring (bicyclic) bond motifs is 1. The smallest absolute Gasteiger partial charge is 0.422 e. The van der Waals surface area contributed by atoms with Crippen molar-refractivity contribution < 1.29 is 14.3 Å². The van der Waals surface area contributed by atoms with Crippen LogP contribution in [0.15, 0.2) is 48.5 Å². The molecule has 0 saturated carbocycles. The summed E-state index contributed by atoms with van der Waals surface area (Å²) in [6.07, 6.45) is 1.06. The van der Waals surface area contributed by atoms with Crippen LogP contribution in [0.5, 0.6) is 0 Å². The largest absolute Gasteiger partial charge is 0.443 e. The van der Waals surface area contributed by atoms with Crippen LogP contribution >= 0.6 is 11.6 Å². The molecule has 2 aromatic rings. The number of ether oxygens (including phenoxy) is 1. The van der Waals surface area contributed by atoms with Gasteiger partial charge in [-0.1, -0.05) is 41.9 Å². The minimum absolute atomic E-state index is 0.412. The molecule has 1 heterocycles. The van der Waals surface area contributed by atoms with E-state index in [-0.39, 0.29) is 0 Å². The van der Waals surface area contributed by atoms with E-state index in [1.54, 1.807) is 45.0 Å². The number of hydrogen-bond acceptors (Lipinski definition) is 3. The van der Waals surface area contributed by atoms with Crippen LogP contribution < -0.4 is 4.90 Å². The van der Waals surface area contributed by atoms with Crippen molar-refractivity contribution >= 4 is 40.9 Å². The molecule has 0 aliphatic carbocycles. The summed E-state index contributed by atoms with van der Waals surface area (Å²) in [6.45, 7) is 5.28. The molecule has 0 N–H and O–H groups in total. The monoisotopic (exact) mass is 355 g/mol. The van der Waals surface area contributed by atoms with Gasteiger partial charge in [-0.25, -0.2) is 9.69 Å². The van der Waals surface area contributed by atoms with Gasteiger partial charge in [-0.15, -0.1) is 0 Å². The van der Waals surface area contributed by atoms with Gasteiger partial charge in [0.2, 0.25) is 0 Å². The normalized spacial score (nSPS) is 15.4. The predicted molar refractivity (Wildman–Crippen MR) is 99.5 cm³/mol. The van der Waals surface area contributed by atoms with E-state index in [0.717, 1.165) is 10.5 Å². The van der Waals surface area contributed by atoms with Gasteiger partial charge in [-0.3, -0.25) is 4.79 Å². The molecule has 1 aliphatic rings. The molecule has 4 nitrogen and oxygen atoms in total. The minimum Gasteiger partial charge on any atom is -0.443 e. The molecule has 0 saturated heterocycles. The molecule has 0 fully saturated rings. The van der Waals surface area contributed by atoms with Crippen LogP contribution in [0.4, 0.5) is 10.5 Å². The maximum absolute atomic E-state index is 12.9. The van der Waals surface area contributed by atoms with Crippen molar-refractivity contribution in [3.05, 3.63) is 64.7 Å². The van der Waals surface area contributed by atoms with Gasteiger partial charge in [0.15, 0.2) is 0 Å². The Morgan fingerprint density at radius 1 is 1.12 bits per heavy atom. The molecule has 0 radical (unpaired) electrons. The van der Waals surface area contributed by atoms with Gasteiger partial charge in [0.1, 0.15) is 5.60 Å². The van der Waals surface area contributed by atoms with Crippen molar-refractivity contribution in [1.29, 1.82) is 0 Å². The summed E-state index contributed by atoms with van der Waals surface area (Å²) in [5, 5.41) is 0.497. The lowest BCUT2D eigenvalue weighted by Crippen LogP contribution is -2.38.